The minimum atomic E-state index is -1.25. The van der Waals surface area contributed by atoms with Crippen LogP contribution >= 0.6 is 22.7 Å². The van der Waals surface area contributed by atoms with E-state index in [0.29, 0.717) is 18.1 Å². The third-order valence-corrected chi connectivity index (χ3v) is 9.36. The lowest BCUT2D eigenvalue weighted by atomic mass is 10.0. The average Bonchev–Trinajstić information content (AvgIpc) is 3.78. The molecule has 0 atom stereocenters. The number of hydrogen-bond donors (Lipinski definition) is 0. The molecule has 0 fully saturated rings. The molecule has 2 aliphatic rings. The van der Waals surface area contributed by atoms with E-state index in [2.05, 4.69) is 9.69 Å². The van der Waals surface area contributed by atoms with Gasteiger partial charge in [-0.1, -0.05) is 0 Å². The highest BCUT2D eigenvalue weighted by Crippen LogP contribution is 2.42. The van der Waals surface area contributed by atoms with Gasteiger partial charge in [-0.05, 0) is 59.7 Å². The van der Waals surface area contributed by atoms with Crippen LogP contribution in [-0.4, -0.2) is 11.6 Å². The van der Waals surface area contributed by atoms with Crippen LogP contribution in [0.1, 0.15) is 31.8 Å². The van der Waals surface area contributed by atoms with E-state index in [1.165, 1.54) is 0 Å². The number of benzene rings is 2. The molecular weight excluding hydrogens is 613 g/mol. The maximum absolute atomic E-state index is 14.1. The van der Waals surface area contributed by atoms with Crippen molar-refractivity contribution in [2.45, 2.75) is 0 Å². The van der Waals surface area contributed by atoms with Gasteiger partial charge in [0.05, 0.1) is 25.3 Å². The molecule has 0 bridgehead atoms. The highest BCUT2D eigenvalue weighted by molar-refractivity contribution is 7.12. The van der Waals surface area contributed by atoms with Gasteiger partial charge in [0, 0.05) is 51.5 Å². The fraction of sp³-hybridized carbons (Fsp3) is 0. The van der Waals surface area contributed by atoms with Crippen LogP contribution in [0.25, 0.3) is 32.0 Å². The molecule has 12 heteroatoms. The van der Waals surface area contributed by atoms with Crippen LogP contribution in [0.5, 0.6) is 0 Å². The second-order valence-electron chi connectivity index (χ2n) is 9.25. The summed E-state index contributed by atoms with van der Waals surface area (Å²) < 4.78 is 58.1. The van der Waals surface area contributed by atoms with Crippen molar-refractivity contribution in [2.24, 2.45) is 0 Å². The van der Waals surface area contributed by atoms with E-state index in [0.717, 1.165) is 46.9 Å². The van der Waals surface area contributed by atoms with E-state index < -0.39 is 46.2 Å². The first kappa shape index (κ1) is 28.2. The first-order valence-corrected chi connectivity index (χ1v) is 13.8. The zero-order valence-corrected chi connectivity index (χ0v) is 23.2. The Hall–Kier alpha value is -5.92. The summed E-state index contributed by atoms with van der Waals surface area (Å²) in [6, 6.07) is 12.8. The minimum Gasteiger partial charge on any atom is -0.289 e. The zero-order valence-electron chi connectivity index (χ0n) is 21.6. The first-order valence-electron chi connectivity index (χ1n) is 12.2. The van der Waals surface area contributed by atoms with Crippen molar-refractivity contribution in [3.8, 4) is 12.1 Å². The third kappa shape index (κ3) is 4.10. The predicted octanol–water partition coefficient (Wildman–Crippen LogP) is 6.06. The maximum atomic E-state index is 14.1. The maximum Gasteiger partial charge on any atom is 0.270 e. The Kier molecular flexibility index (Phi) is 6.68. The van der Waals surface area contributed by atoms with Gasteiger partial charge >= 0.3 is 0 Å². The molecular formula is C32H8F4N4O2S2. The Morgan fingerprint density at radius 1 is 0.591 bits per heavy atom. The zero-order chi connectivity index (χ0) is 31.4. The number of thiophene rings is 2. The molecule has 0 saturated carbocycles. The second-order valence-corrected chi connectivity index (χ2v) is 11.4. The molecule has 208 valence electrons. The molecule has 0 N–H and O–H groups in total. The SMILES string of the molecule is [C-]#[N+]/C(C#N)=C1\C(=c2\cc/c(=c3/cc/c(=C4\C(=O)c5cc(F)c(F)cc5\C4=C(\C#N)[N+]#[C-])s3)s2)C(=O)c2cc(F)c(F)cc21. The third-order valence-electron chi connectivity index (χ3n) is 6.96. The van der Waals surface area contributed by atoms with Crippen molar-refractivity contribution in [3.05, 3.63) is 146 Å². The Balaban J connectivity index is 1.64. The Bertz CT molecular complexity index is 2320. The van der Waals surface area contributed by atoms with Crippen molar-refractivity contribution in [2.75, 3.05) is 0 Å². The normalized spacial score (nSPS) is 19.0. The number of fused-ring (bicyclic) bond motifs is 2. The number of ketones is 2. The molecule has 2 aromatic heterocycles. The lowest BCUT2D eigenvalue weighted by Crippen LogP contribution is -2.06. The largest absolute Gasteiger partial charge is 0.289 e. The standard InChI is InChI=1S/C32H8F4N4O2S2/c1-39-21(11-37)27-13-7-17(33)19(35)9-15(13)31(41)29(27)25-5-3-23(43-25)24-4-6-26(44-24)30-28(22(12-38)40-2)14-8-18(34)20(36)10-16(14)32(30)42/h3-10H/b24-23+,27-21-,28-22+,29-25+,30-26+. The lowest BCUT2D eigenvalue weighted by Gasteiger charge is -2.02. The van der Waals surface area contributed by atoms with Gasteiger partial charge in [-0.3, -0.25) is 9.59 Å². The van der Waals surface area contributed by atoms with Gasteiger partial charge in [-0.25, -0.2) is 37.8 Å². The topological polar surface area (TPSA) is 90.4 Å². The van der Waals surface area contributed by atoms with Crippen LogP contribution in [0.2, 0.25) is 0 Å². The highest BCUT2D eigenvalue weighted by Gasteiger charge is 2.36. The number of nitrogens with zero attached hydrogens (tertiary/aromatic N) is 4. The highest BCUT2D eigenvalue weighted by atomic mass is 32.1. The van der Waals surface area contributed by atoms with Gasteiger partial charge in [0.25, 0.3) is 11.4 Å². The monoisotopic (exact) mass is 620 g/mol. The second kappa shape index (κ2) is 10.4. The lowest BCUT2D eigenvalue weighted by molar-refractivity contribution is 0.105. The van der Waals surface area contributed by atoms with Crippen LogP contribution in [0.15, 0.2) is 59.9 Å². The Morgan fingerprint density at radius 3 is 1.23 bits per heavy atom. The van der Waals surface area contributed by atoms with Gasteiger partial charge in [0.2, 0.25) is 0 Å². The van der Waals surface area contributed by atoms with E-state index in [4.69, 9.17) is 13.1 Å². The number of carbonyl (C=O) groups excluding carboxylic acids is 2. The molecule has 6 rings (SSSR count). The van der Waals surface area contributed by atoms with Gasteiger partial charge in [-0.15, -0.1) is 22.7 Å². The number of nitriles is 2. The molecule has 44 heavy (non-hydrogen) atoms. The van der Waals surface area contributed by atoms with Crippen LogP contribution in [0.3, 0.4) is 0 Å². The summed E-state index contributed by atoms with van der Waals surface area (Å²) in [5, 5.41) is 19.1. The van der Waals surface area contributed by atoms with Crippen LogP contribution < -0.4 is 9.06 Å². The van der Waals surface area contributed by atoms with Gasteiger partial charge in [0.15, 0.2) is 34.8 Å². The molecule has 0 saturated heterocycles. The molecule has 0 amide bonds. The molecule has 2 aliphatic carbocycles. The minimum absolute atomic E-state index is 0.0635. The average molecular weight is 621 g/mol. The van der Waals surface area contributed by atoms with E-state index in [-0.39, 0.29) is 44.5 Å². The Morgan fingerprint density at radius 2 is 0.909 bits per heavy atom. The van der Waals surface area contributed by atoms with Crippen LogP contribution in [0, 0.1) is 68.1 Å². The molecule has 0 unspecified atom stereocenters. The number of Topliss-reactive ketones (excluding diaryl/α,β-unsaturated/α-hetero) is 2. The van der Waals surface area contributed by atoms with Gasteiger partial charge < -0.3 is 0 Å². The fourth-order valence-corrected chi connectivity index (χ4v) is 7.29. The smallest absolute Gasteiger partial charge is 0.270 e. The molecule has 0 spiro atoms. The molecule has 4 aromatic rings. The van der Waals surface area contributed by atoms with Crippen LogP contribution in [-0.2, 0) is 0 Å². The summed E-state index contributed by atoms with van der Waals surface area (Å²) in [4.78, 5) is 33.1. The van der Waals surface area contributed by atoms with Gasteiger partial charge in [-0.2, -0.15) is 0 Å². The number of rotatable bonds is 0. The van der Waals surface area contributed by atoms with E-state index in [1.807, 2.05) is 0 Å². The van der Waals surface area contributed by atoms with Crippen molar-refractivity contribution in [1.82, 2.24) is 0 Å². The van der Waals surface area contributed by atoms with Gasteiger partial charge in [0.1, 0.15) is 0 Å². The summed E-state index contributed by atoms with van der Waals surface area (Å²) in [5.41, 5.74) is -1.79. The first-order chi connectivity index (χ1) is 21.1. The molecule has 2 aromatic carbocycles. The fourth-order valence-electron chi connectivity index (χ4n) is 5.09. The molecule has 2 heterocycles. The summed E-state index contributed by atoms with van der Waals surface area (Å²) in [6.07, 6.45) is 0. The quantitative estimate of drug-likeness (QED) is 0.136. The summed E-state index contributed by atoms with van der Waals surface area (Å²) in [6.45, 7) is 14.8. The van der Waals surface area contributed by atoms with Crippen LogP contribution in [0.4, 0.5) is 17.6 Å². The molecule has 0 aliphatic heterocycles. The Labute approximate surface area is 252 Å². The van der Waals surface area contributed by atoms with E-state index in [9.17, 15) is 37.7 Å². The summed E-state index contributed by atoms with van der Waals surface area (Å²) in [5.74, 6) is -6.37. The molecule has 0 radical (unpaired) electrons. The number of halogens is 4. The molecule has 6 nitrogen and oxygen atoms in total. The number of allylic oxidation sites excluding steroid dienone is 4. The van der Waals surface area contributed by atoms with Crippen molar-refractivity contribution >= 4 is 56.5 Å². The number of carbonyl (C=O) groups is 2. The van der Waals surface area contributed by atoms with E-state index >= 15 is 0 Å². The van der Waals surface area contributed by atoms with E-state index in [1.54, 1.807) is 36.4 Å². The summed E-state index contributed by atoms with van der Waals surface area (Å²) >= 11 is 2.17. The van der Waals surface area contributed by atoms with Crippen molar-refractivity contribution in [3.63, 3.8) is 0 Å². The predicted molar refractivity (Wildman–Crippen MR) is 152 cm³/mol. The van der Waals surface area contributed by atoms with Crippen molar-refractivity contribution < 1.29 is 27.2 Å². The van der Waals surface area contributed by atoms with Crippen molar-refractivity contribution in [1.29, 1.82) is 10.5 Å². The summed E-state index contributed by atoms with van der Waals surface area (Å²) in [7, 11) is 0. The number of hydrogen-bond acceptors (Lipinski definition) is 6.